The standard InChI is InChI=1S/C18H21FN2O2/c1-12(2)14-7-9-17(10-8-14)23-13(3)20-18(22)21-16-6-4-5-15(19)11-16/h4-13H,1-3H3,(H2,20,21,22). The molecule has 2 aromatic carbocycles. The lowest BCUT2D eigenvalue weighted by Crippen LogP contribution is -2.39. The van der Waals surface area contributed by atoms with Crippen molar-refractivity contribution in [1.29, 1.82) is 0 Å². The predicted molar refractivity (Wildman–Crippen MR) is 89.2 cm³/mol. The molecule has 122 valence electrons. The van der Waals surface area contributed by atoms with Crippen LogP contribution in [0.1, 0.15) is 32.3 Å². The van der Waals surface area contributed by atoms with Crippen LogP contribution in [0.3, 0.4) is 0 Å². The number of amides is 2. The van der Waals surface area contributed by atoms with Crippen molar-refractivity contribution in [2.45, 2.75) is 32.9 Å². The van der Waals surface area contributed by atoms with Crippen molar-refractivity contribution in [3.8, 4) is 5.75 Å². The average molecular weight is 316 g/mol. The van der Waals surface area contributed by atoms with E-state index in [0.717, 1.165) is 0 Å². The lowest BCUT2D eigenvalue weighted by Gasteiger charge is -2.17. The second kappa shape index (κ2) is 7.63. The van der Waals surface area contributed by atoms with Gasteiger partial charge in [0.05, 0.1) is 0 Å². The summed E-state index contributed by atoms with van der Waals surface area (Å²) in [4.78, 5) is 11.8. The van der Waals surface area contributed by atoms with Crippen LogP contribution in [-0.2, 0) is 0 Å². The van der Waals surface area contributed by atoms with Gasteiger partial charge < -0.3 is 15.4 Å². The summed E-state index contributed by atoms with van der Waals surface area (Å²) in [7, 11) is 0. The molecule has 1 unspecified atom stereocenters. The lowest BCUT2D eigenvalue weighted by molar-refractivity contribution is 0.183. The second-order valence-electron chi connectivity index (χ2n) is 5.59. The third kappa shape index (κ3) is 5.29. The van der Waals surface area contributed by atoms with Crippen molar-refractivity contribution < 1.29 is 13.9 Å². The summed E-state index contributed by atoms with van der Waals surface area (Å²) in [5, 5.41) is 5.19. The molecule has 23 heavy (non-hydrogen) atoms. The normalized spacial score (nSPS) is 11.9. The first-order valence-corrected chi connectivity index (χ1v) is 7.54. The highest BCUT2D eigenvalue weighted by atomic mass is 19.1. The molecule has 0 saturated carbocycles. The molecular weight excluding hydrogens is 295 g/mol. The van der Waals surface area contributed by atoms with E-state index in [1.807, 2.05) is 24.3 Å². The Kier molecular flexibility index (Phi) is 5.57. The van der Waals surface area contributed by atoms with Gasteiger partial charge in [-0.05, 0) is 48.7 Å². The zero-order chi connectivity index (χ0) is 16.8. The molecule has 0 heterocycles. The van der Waals surface area contributed by atoms with E-state index in [1.54, 1.807) is 13.0 Å². The number of benzene rings is 2. The van der Waals surface area contributed by atoms with Gasteiger partial charge in [-0.3, -0.25) is 0 Å². The minimum absolute atomic E-state index is 0.385. The van der Waals surface area contributed by atoms with E-state index in [4.69, 9.17) is 4.74 Å². The highest BCUT2D eigenvalue weighted by Gasteiger charge is 2.09. The average Bonchev–Trinajstić information content (AvgIpc) is 2.47. The molecule has 0 aromatic heterocycles. The fraction of sp³-hybridized carbons (Fsp3) is 0.278. The molecule has 2 rings (SSSR count). The fourth-order valence-corrected chi connectivity index (χ4v) is 2.08. The molecule has 4 nitrogen and oxygen atoms in total. The molecule has 0 saturated heterocycles. The predicted octanol–water partition coefficient (Wildman–Crippen LogP) is 4.50. The van der Waals surface area contributed by atoms with Gasteiger partial charge in [-0.1, -0.05) is 32.0 Å². The van der Waals surface area contributed by atoms with Crippen LogP contribution in [0.2, 0.25) is 0 Å². The van der Waals surface area contributed by atoms with Crippen LogP contribution in [0.5, 0.6) is 5.75 Å². The molecule has 1 atom stereocenters. The monoisotopic (exact) mass is 316 g/mol. The zero-order valence-corrected chi connectivity index (χ0v) is 13.5. The molecule has 5 heteroatoms. The number of hydrogen-bond acceptors (Lipinski definition) is 2. The number of ether oxygens (including phenoxy) is 1. The minimum atomic E-state index is -0.520. The van der Waals surface area contributed by atoms with E-state index in [1.165, 1.54) is 23.8 Å². The molecule has 0 bridgehead atoms. The van der Waals surface area contributed by atoms with Gasteiger partial charge in [-0.15, -0.1) is 0 Å². The van der Waals surface area contributed by atoms with Crippen LogP contribution in [0, 0.1) is 5.82 Å². The zero-order valence-electron chi connectivity index (χ0n) is 13.5. The van der Waals surface area contributed by atoms with Crippen LogP contribution in [0.15, 0.2) is 48.5 Å². The van der Waals surface area contributed by atoms with Gasteiger partial charge >= 0.3 is 6.03 Å². The molecule has 2 N–H and O–H groups in total. The Morgan fingerprint density at radius 1 is 1.09 bits per heavy atom. The molecule has 0 radical (unpaired) electrons. The van der Waals surface area contributed by atoms with Crippen LogP contribution in [-0.4, -0.2) is 12.3 Å². The summed E-state index contributed by atoms with van der Waals surface area (Å²) in [6.45, 7) is 5.97. The molecule has 0 aliphatic rings. The number of rotatable bonds is 5. The van der Waals surface area contributed by atoms with Crippen molar-refractivity contribution >= 4 is 11.7 Å². The summed E-state index contributed by atoms with van der Waals surface area (Å²) >= 11 is 0. The largest absolute Gasteiger partial charge is 0.471 e. The molecular formula is C18H21FN2O2. The van der Waals surface area contributed by atoms with Gasteiger partial charge in [0.1, 0.15) is 11.6 Å². The molecule has 0 spiro atoms. The van der Waals surface area contributed by atoms with Gasteiger partial charge in [0.15, 0.2) is 6.23 Å². The number of hydrogen-bond donors (Lipinski definition) is 2. The van der Waals surface area contributed by atoms with Crippen molar-refractivity contribution in [3.63, 3.8) is 0 Å². The van der Waals surface area contributed by atoms with Crippen LogP contribution in [0.4, 0.5) is 14.9 Å². The second-order valence-corrected chi connectivity index (χ2v) is 5.59. The number of carbonyl (C=O) groups excluding carboxylic acids is 1. The molecule has 2 aromatic rings. The Morgan fingerprint density at radius 2 is 1.78 bits per heavy atom. The molecule has 0 aliphatic carbocycles. The molecule has 2 amide bonds. The maximum Gasteiger partial charge on any atom is 0.322 e. The summed E-state index contributed by atoms with van der Waals surface area (Å²) in [6, 6.07) is 13.0. The Labute approximate surface area is 135 Å². The highest BCUT2D eigenvalue weighted by Crippen LogP contribution is 2.19. The minimum Gasteiger partial charge on any atom is -0.471 e. The van der Waals surface area contributed by atoms with E-state index in [2.05, 4.69) is 24.5 Å². The first-order valence-electron chi connectivity index (χ1n) is 7.54. The number of urea groups is 1. The van der Waals surface area contributed by atoms with Crippen molar-refractivity contribution in [2.75, 3.05) is 5.32 Å². The summed E-state index contributed by atoms with van der Waals surface area (Å²) in [5.74, 6) is 0.724. The maximum absolute atomic E-state index is 13.1. The van der Waals surface area contributed by atoms with Gasteiger partial charge in [0, 0.05) is 5.69 Å². The fourth-order valence-electron chi connectivity index (χ4n) is 2.08. The Bertz CT molecular complexity index is 656. The van der Waals surface area contributed by atoms with Crippen molar-refractivity contribution in [1.82, 2.24) is 5.32 Å². The number of nitrogens with one attached hydrogen (secondary N) is 2. The maximum atomic E-state index is 13.1. The van der Waals surface area contributed by atoms with E-state index in [9.17, 15) is 9.18 Å². The van der Waals surface area contributed by atoms with Crippen LogP contribution < -0.4 is 15.4 Å². The van der Waals surface area contributed by atoms with Crippen molar-refractivity contribution in [2.24, 2.45) is 0 Å². The summed E-state index contributed by atoms with van der Waals surface area (Å²) < 4.78 is 18.7. The summed E-state index contributed by atoms with van der Waals surface area (Å²) in [5.41, 5.74) is 1.61. The van der Waals surface area contributed by atoms with Crippen molar-refractivity contribution in [3.05, 3.63) is 59.9 Å². The van der Waals surface area contributed by atoms with E-state index >= 15 is 0 Å². The molecule has 0 fully saturated rings. The van der Waals surface area contributed by atoms with Crippen LogP contribution >= 0.6 is 0 Å². The topological polar surface area (TPSA) is 50.4 Å². The Balaban J connectivity index is 1.86. The SMILES string of the molecule is CC(NC(=O)Nc1cccc(F)c1)Oc1ccc(C(C)C)cc1. The van der Waals surface area contributed by atoms with E-state index in [-0.39, 0.29) is 0 Å². The van der Waals surface area contributed by atoms with Crippen LogP contribution in [0.25, 0.3) is 0 Å². The Morgan fingerprint density at radius 3 is 2.39 bits per heavy atom. The first-order chi connectivity index (χ1) is 10.9. The van der Waals surface area contributed by atoms with Gasteiger partial charge in [0.25, 0.3) is 0 Å². The highest BCUT2D eigenvalue weighted by molar-refractivity contribution is 5.89. The van der Waals surface area contributed by atoms with E-state index in [0.29, 0.717) is 17.4 Å². The third-order valence-electron chi connectivity index (χ3n) is 3.28. The third-order valence-corrected chi connectivity index (χ3v) is 3.28. The number of halogens is 1. The smallest absolute Gasteiger partial charge is 0.322 e. The van der Waals surface area contributed by atoms with Gasteiger partial charge in [-0.2, -0.15) is 0 Å². The lowest BCUT2D eigenvalue weighted by atomic mass is 10.0. The van der Waals surface area contributed by atoms with E-state index < -0.39 is 18.1 Å². The van der Waals surface area contributed by atoms with Gasteiger partial charge in [0.2, 0.25) is 0 Å². The van der Waals surface area contributed by atoms with Gasteiger partial charge in [-0.25, -0.2) is 9.18 Å². The number of carbonyl (C=O) groups is 1. The quantitative estimate of drug-likeness (QED) is 0.798. The molecule has 0 aliphatic heterocycles. The first kappa shape index (κ1) is 16.8. The number of anilines is 1. The Hall–Kier alpha value is -2.56. The summed E-state index contributed by atoms with van der Waals surface area (Å²) in [6.07, 6.45) is -0.520.